The van der Waals surface area contributed by atoms with Crippen molar-refractivity contribution in [1.29, 1.82) is 0 Å². The summed E-state index contributed by atoms with van der Waals surface area (Å²) in [4.78, 5) is 18.4. The summed E-state index contributed by atoms with van der Waals surface area (Å²) in [7, 11) is 1.88. The molecule has 1 aromatic heterocycles. The van der Waals surface area contributed by atoms with E-state index in [0.717, 1.165) is 27.7 Å². The number of para-hydroxylation sites is 1. The fourth-order valence-corrected chi connectivity index (χ4v) is 3.60. The quantitative estimate of drug-likeness (QED) is 0.759. The van der Waals surface area contributed by atoms with Gasteiger partial charge in [0.15, 0.2) is 0 Å². The van der Waals surface area contributed by atoms with Gasteiger partial charge in [-0.3, -0.25) is 4.79 Å². The molecule has 0 aliphatic heterocycles. The van der Waals surface area contributed by atoms with Crippen molar-refractivity contribution in [3.63, 3.8) is 0 Å². The Morgan fingerprint density at radius 2 is 1.67 bits per heavy atom. The van der Waals surface area contributed by atoms with E-state index in [2.05, 4.69) is 17.1 Å². The largest absolute Gasteiger partial charge is 0.358 e. The van der Waals surface area contributed by atoms with Crippen LogP contribution in [-0.2, 0) is 16.8 Å². The van der Waals surface area contributed by atoms with E-state index in [1.54, 1.807) is 0 Å². The average Bonchev–Trinajstić information content (AvgIpc) is 2.91. The lowest BCUT2D eigenvalue weighted by Gasteiger charge is -2.30. The van der Waals surface area contributed by atoms with Crippen LogP contribution in [0, 0.1) is 6.92 Å². The molecule has 0 aliphatic carbocycles. The van der Waals surface area contributed by atoms with Gasteiger partial charge < -0.3 is 9.88 Å². The highest BCUT2D eigenvalue weighted by molar-refractivity contribution is 5.95. The molecule has 3 rings (SSSR count). The van der Waals surface area contributed by atoms with Crippen molar-refractivity contribution >= 4 is 16.8 Å². The van der Waals surface area contributed by atoms with Crippen LogP contribution in [0.15, 0.2) is 54.6 Å². The lowest BCUT2D eigenvalue weighted by Crippen LogP contribution is -2.41. The van der Waals surface area contributed by atoms with Crippen molar-refractivity contribution < 1.29 is 4.79 Å². The number of carbonyl (C=O) groups is 1. The van der Waals surface area contributed by atoms with Gasteiger partial charge in [0, 0.05) is 30.2 Å². The van der Waals surface area contributed by atoms with Crippen LogP contribution in [0.1, 0.15) is 30.7 Å². The highest BCUT2D eigenvalue weighted by Crippen LogP contribution is 2.34. The summed E-state index contributed by atoms with van der Waals surface area (Å²) >= 11 is 0. The number of hydrogen-bond acceptors (Lipinski definition) is 1. The number of fused-ring (bicyclic) bond motifs is 1. The number of nitrogens with one attached hydrogen (secondary N) is 1. The first-order chi connectivity index (χ1) is 11.4. The van der Waals surface area contributed by atoms with Crippen molar-refractivity contribution in [2.45, 2.75) is 32.7 Å². The Morgan fingerprint density at radius 3 is 2.38 bits per heavy atom. The number of benzene rings is 2. The molecule has 0 spiro atoms. The lowest BCUT2D eigenvalue weighted by molar-refractivity contribution is -0.135. The summed E-state index contributed by atoms with van der Waals surface area (Å²) in [5, 5.41) is 1.13. The van der Waals surface area contributed by atoms with Crippen LogP contribution in [0.25, 0.3) is 10.9 Å². The molecule has 0 bridgehead atoms. The molecule has 0 atom stereocenters. The molecule has 0 radical (unpaired) electrons. The molecule has 0 saturated heterocycles. The van der Waals surface area contributed by atoms with Gasteiger partial charge in [0.1, 0.15) is 0 Å². The fraction of sp³-hybridized carbons (Fsp3) is 0.286. The first-order valence-corrected chi connectivity index (χ1v) is 8.28. The van der Waals surface area contributed by atoms with Gasteiger partial charge >= 0.3 is 0 Å². The van der Waals surface area contributed by atoms with Crippen LogP contribution in [0.5, 0.6) is 0 Å². The molecule has 0 aliphatic rings. The molecule has 0 fully saturated rings. The Balaban J connectivity index is 1.94. The number of hydrogen-bond donors (Lipinski definition) is 1. The lowest BCUT2D eigenvalue weighted by atomic mass is 9.81. The molecule has 3 heteroatoms. The normalized spacial score (nSPS) is 11.7. The molecule has 1 amide bonds. The van der Waals surface area contributed by atoms with Crippen LogP contribution in [0.2, 0.25) is 0 Å². The van der Waals surface area contributed by atoms with Crippen molar-refractivity contribution in [1.82, 2.24) is 9.88 Å². The number of nitrogens with zero attached hydrogens (tertiary/aromatic N) is 1. The van der Waals surface area contributed by atoms with E-state index >= 15 is 0 Å². The highest BCUT2D eigenvalue weighted by atomic mass is 16.2. The molecule has 124 valence electrons. The van der Waals surface area contributed by atoms with Crippen molar-refractivity contribution in [3.05, 3.63) is 71.4 Å². The van der Waals surface area contributed by atoms with Crippen LogP contribution in [-0.4, -0.2) is 22.8 Å². The van der Waals surface area contributed by atoms with Gasteiger partial charge in [0.25, 0.3) is 0 Å². The standard InChI is InChI=1S/C21H24N2O/c1-15-19(17-12-8-9-13-18(17)22-15)21(2,3)20(24)23(4)14-16-10-6-5-7-11-16/h5-13,22H,14H2,1-4H3. The molecule has 0 saturated carbocycles. The van der Waals surface area contributed by atoms with Gasteiger partial charge in [-0.1, -0.05) is 48.5 Å². The monoisotopic (exact) mass is 320 g/mol. The third-order valence-corrected chi connectivity index (χ3v) is 4.66. The summed E-state index contributed by atoms with van der Waals surface area (Å²) in [6.07, 6.45) is 0. The Bertz CT molecular complexity index is 862. The summed E-state index contributed by atoms with van der Waals surface area (Å²) in [6.45, 7) is 6.69. The Labute approximate surface area is 143 Å². The van der Waals surface area contributed by atoms with Gasteiger partial charge in [-0.2, -0.15) is 0 Å². The average molecular weight is 320 g/mol. The molecule has 1 N–H and O–H groups in total. The molecular formula is C21H24N2O. The van der Waals surface area contributed by atoms with Crippen molar-refractivity contribution in [3.8, 4) is 0 Å². The Hall–Kier alpha value is -2.55. The minimum absolute atomic E-state index is 0.124. The number of likely N-dealkylation sites (N-methyl/N-ethyl adjacent to an activating group) is 1. The van der Waals surface area contributed by atoms with Crippen molar-refractivity contribution in [2.75, 3.05) is 7.05 Å². The second-order valence-corrected chi connectivity index (χ2v) is 6.94. The predicted octanol–water partition coefficient (Wildman–Crippen LogP) is 4.41. The van der Waals surface area contributed by atoms with E-state index in [1.165, 1.54) is 0 Å². The summed E-state index contributed by atoms with van der Waals surface area (Å²) in [6, 6.07) is 18.3. The summed E-state index contributed by atoms with van der Waals surface area (Å²) in [5.74, 6) is 0.124. The van der Waals surface area contributed by atoms with Crippen LogP contribution in [0.4, 0.5) is 0 Å². The summed E-state index contributed by atoms with van der Waals surface area (Å²) in [5.41, 5.74) is 3.77. The third-order valence-electron chi connectivity index (χ3n) is 4.66. The van der Waals surface area contributed by atoms with E-state index in [-0.39, 0.29) is 5.91 Å². The summed E-state index contributed by atoms with van der Waals surface area (Å²) < 4.78 is 0. The molecular weight excluding hydrogens is 296 g/mol. The number of aryl methyl sites for hydroxylation is 1. The maximum absolute atomic E-state index is 13.2. The first-order valence-electron chi connectivity index (χ1n) is 8.28. The first kappa shape index (κ1) is 16.3. The molecule has 3 aromatic rings. The van der Waals surface area contributed by atoms with Gasteiger partial charge in [-0.15, -0.1) is 0 Å². The number of rotatable bonds is 4. The molecule has 3 nitrogen and oxygen atoms in total. The molecule has 0 unspecified atom stereocenters. The number of H-pyrrole nitrogens is 1. The van der Waals surface area contributed by atoms with Gasteiger partial charge in [0.05, 0.1) is 5.41 Å². The van der Waals surface area contributed by atoms with E-state index < -0.39 is 5.41 Å². The zero-order chi connectivity index (χ0) is 17.3. The number of aromatic nitrogens is 1. The van der Waals surface area contributed by atoms with E-state index in [4.69, 9.17) is 0 Å². The SMILES string of the molecule is Cc1[nH]c2ccccc2c1C(C)(C)C(=O)N(C)Cc1ccccc1. The maximum atomic E-state index is 13.2. The Morgan fingerprint density at radius 1 is 1.04 bits per heavy atom. The van der Waals surface area contributed by atoms with E-state index in [9.17, 15) is 4.79 Å². The zero-order valence-electron chi connectivity index (χ0n) is 14.8. The second-order valence-electron chi connectivity index (χ2n) is 6.94. The second kappa shape index (κ2) is 6.16. The number of carbonyl (C=O) groups excluding carboxylic acids is 1. The van der Waals surface area contributed by atoms with Gasteiger partial charge in [0.2, 0.25) is 5.91 Å². The van der Waals surface area contributed by atoms with Crippen LogP contribution >= 0.6 is 0 Å². The number of amides is 1. The highest BCUT2D eigenvalue weighted by Gasteiger charge is 2.35. The third kappa shape index (κ3) is 2.82. The topological polar surface area (TPSA) is 36.1 Å². The van der Waals surface area contributed by atoms with E-state index in [1.807, 2.05) is 75.2 Å². The maximum Gasteiger partial charge on any atom is 0.232 e. The number of aromatic amines is 1. The zero-order valence-corrected chi connectivity index (χ0v) is 14.8. The van der Waals surface area contributed by atoms with E-state index in [0.29, 0.717) is 6.54 Å². The minimum Gasteiger partial charge on any atom is -0.358 e. The molecule has 1 heterocycles. The van der Waals surface area contributed by atoms with Crippen LogP contribution in [0.3, 0.4) is 0 Å². The van der Waals surface area contributed by atoms with Gasteiger partial charge in [-0.05, 0) is 38.0 Å². The van der Waals surface area contributed by atoms with Gasteiger partial charge in [-0.25, -0.2) is 0 Å². The smallest absolute Gasteiger partial charge is 0.232 e. The van der Waals surface area contributed by atoms with Crippen LogP contribution < -0.4 is 0 Å². The minimum atomic E-state index is -0.590. The molecule has 24 heavy (non-hydrogen) atoms. The fourth-order valence-electron chi connectivity index (χ4n) is 3.60. The molecule has 2 aromatic carbocycles. The predicted molar refractivity (Wildman–Crippen MR) is 99.0 cm³/mol. The van der Waals surface area contributed by atoms with Crippen molar-refractivity contribution in [2.24, 2.45) is 0 Å². The Kier molecular flexibility index (Phi) is 4.18.